The molecular weight excluding hydrogens is 224 g/mol. The summed E-state index contributed by atoms with van der Waals surface area (Å²) in [6.07, 6.45) is 0.396. The van der Waals surface area contributed by atoms with Gasteiger partial charge in [0.2, 0.25) is 0 Å². The summed E-state index contributed by atoms with van der Waals surface area (Å²) in [6.45, 7) is 11.2. The summed E-state index contributed by atoms with van der Waals surface area (Å²) >= 11 is 0. The normalized spacial score (nSPS) is 13.7. The highest BCUT2D eigenvalue weighted by Gasteiger charge is 2.14. The molecule has 2 nitrogen and oxygen atoms in total. The monoisotopic (exact) mass is 250 g/mol. The number of aliphatic hydroxyl groups is 1. The molecule has 0 saturated carbocycles. The third-order valence-electron chi connectivity index (χ3n) is 3.15. The molecule has 0 bridgehead atoms. The molecular formula is C16H26O2. The summed E-state index contributed by atoms with van der Waals surface area (Å²) in [7, 11) is 0. The van der Waals surface area contributed by atoms with Crippen LogP contribution in [-0.2, 0) is 5.41 Å². The predicted octanol–water partition coefficient (Wildman–Crippen LogP) is 3.77. The van der Waals surface area contributed by atoms with E-state index < -0.39 is 0 Å². The third-order valence-corrected chi connectivity index (χ3v) is 3.15. The van der Waals surface area contributed by atoms with Gasteiger partial charge in [0.05, 0.1) is 12.7 Å². The highest BCUT2D eigenvalue weighted by Crippen LogP contribution is 2.25. The Morgan fingerprint density at radius 1 is 1.22 bits per heavy atom. The Hall–Kier alpha value is -1.02. The van der Waals surface area contributed by atoms with Crippen LogP contribution in [0.5, 0.6) is 5.75 Å². The van der Waals surface area contributed by atoms with Crippen molar-refractivity contribution in [3.8, 4) is 5.75 Å². The first-order valence-electron chi connectivity index (χ1n) is 6.72. The van der Waals surface area contributed by atoms with Gasteiger partial charge in [0.25, 0.3) is 0 Å². The Balaban J connectivity index is 2.53. The van der Waals surface area contributed by atoms with Gasteiger partial charge in [-0.3, -0.25) is 0 Å². The average molecular weight is 250 g/mol. The molecule has 0 aliphatic carbocycles. The van der Waals surface area contributed by atoms with Gasteiger partial charge in [0.15, 0.2) is 0 Å². The van der Waals surface area contributed by atoms with Crippen molar-refractivity contribution >= 4 is 0 Å². The van der Waals surface area contributed by atoms with Gasteiger partial charge in [0.1, 0.15) is 5.75 Å². The zero-order valence-electron chi connectivity index (χ0n) is 12.2. The summed E-state index contributed by atoms with van der Waals surface area (Å²) in [5.41, 5.74) is 1.40. The van der Waals surface area contributed by atoms with Crippen molar-refractivity contribution in [2.45, 2.75) is 52.6 Å². The third kappa shape index (κ3) is 4.69. The molecule has 1 unspecified atom stereocenters. The van der Waals surface area contributed by atoms with Gasteiger partial charge in [-0.2, -0.15) is 0 Å². The Kier molecular flexibility index (Phi) is 5.21. The van der Waals surface area contributed by atoms with Crippen molar-refractivity contribution in [3.63, 3.8) is 0 Å². The van der Waals surface area contributed by atoms with Crippen LogP contribution in [0.25, 0.3) is 0 Å². The smallest absolute Gasteiger partial charge is 0.119 e. The lowest BCUT2D eigenvalue weighted by Crippen LogP contribution is -2.18. The van der Waals surface area contributed by atoms with Crippen molar-refractivity contribution in [1.29, 1.82) is 0 Å². The number of ether oxygens (including phenoxy) is 1. The van der Waals surface area contributed by atoms with E-state index in [4.69, 9.17) is 4.74 Å². The largest absolute Gasteiger partial charge is 0.493 e. The molecule has 0 aromatic heterocycles. The lowest BCUT2D eigenvalue weighted by molar-refractivity contribution is 0.0976. The quantitative estimate of drug-likeness (QED) is 0.862. The van der Waals surface area contributed by atoms with Crippen LogP contribution >= 0.6 is 0 Å². The van der Waals surface area contributed by atoms with Gasteiger partial charge < -0.3 is 9.84 Å². The minimum Gasteiger partial charge on any atom is -0.493 e. The molecule has 0 heterocycles. The molecule has 2 heteroatoms. The molecule has 1 rings (SSSR count). The maximum Gasteiger partial charge on any atom is 0.119 e. The maximum atomic E-state index is 9.71. The lowest BCUT2D eigenvalue weighted by Gasteiger charge is -2.20. The van der Waals surface area contributed by atoms with E-state index in [0.29, 0.717) is 13.0 Å². The van der Waals surface area contributed by atoms with Gasteiger partial charge in [-0.05, 0) is 29.0 Å². The number of aliphatic hydroxyl groups excluding tert-OH is 1. The van der Waals surface area contributed by atoms with Crippen LogP contribution in [0.1, 0.15) is 46.6 Å². The summed E-state index contributed by atoms with van der Waals surface area (Å²) in [6, 6.07) is 8.20. The predicted molar refractivity (Wildman–Crippen MR) is 76.1 cm³/mol. The summed E-state index contributed by atoms with van der Waals surface area (Å²) in [5.74, 6) is 1.17. The van der Waals surface area contributed by atoms with E-state index in [9.17, 15) is 5.11 Å². The first-order chi connectivity index (χ1) is 8.30. The summed E-state index contributed by atoms with van der Waals surface area (Å²) in [4.78, 5) is 0. The first kappa shape index (κ1) is 15.0. The molecule has 18 heavy (non-hydrogen) atoms. The van der Waals surface area contributed by atoms with Gasteiger partial charge in [-0.1, -0.05) is 46.8 Å². The SMILES string of the molecule is CC(C)C(O)CCOc1cccc(C(C)(C)C)c1. The highest BCUT2D eigenvalue weighted by molar-refractivity contribution is 5.32. The van der Waals surface area contributed by atoms with Crippen molar-refractivity contribution in [1.82, 2.24) is 0 Å². The molecule has 0 amide bonds. The van der Waals surface area contributed by atoms with E-state index in [2.05, 4.69) is 32.9 Å². The van der Waals surface area contributed by atoms with Crippen molar-refractivity contribution in [2.75, 3.05) is 6.61 Å². The standard InChI is InChI=1S/C16H26O2/c1-12(2)15(17)9-10-18-14-8-6-7-13(11-14)16(3,4)5/h6-8,11-12,15,17H,9-10H2,1-5H3. The van der Waals surface area contributed by atoms with E-state index in [1.54, 1.807) is 0 Å². The van der Waals surface area contributed by atoms with Crippen LogP contribution < -0.4 is 4.74 Å². The summed E-state index contributed by atoms with van der Waals surface area (Å²) in [5, 5.41) is 9.71. The molecule has 1 atom stereocenters. The van der Waals surface area contributed by atoms with E-state index in [0.717, 1.165) is 5.75 Å². The fourth-order valence-corrected chi connectivity index (χ4v) is 1.68. The molecule has 102 valence electrons. The second kappa shape index (κ2) is 6.24. The van der Waals surface area contributed by atoms with E-state index in [-0.39, 0.29) is 17.4 Å². The van der Waals surface area contributed by atoms with E-state index in [1.165, 1.54) is 5.56 Å². The van der Waals surface area contributed by atoms with Crippen LogP contribution in [0, 0.1) is 5.92 Å². The molecule has 0 fully saturated rings. The van der Waals surface area contributed by atoms with Crippen molar-refractivity contribution in [2.24, 2.45) is 5.92 Å². The second-order valence-electron chi connectivity index (χ2n) is 6.23. The highest BCUT2D eigenvalue weighted by atomic mass is 16.5. The van der Waals surface area contributed by atoms with Gasteiger partial charge in [0, 0.05) is 6.42 Å². The van der Waals surface area contributed by atoms with Gasteiger partial charge in [-0.15, -0.1) is 0 Å². The van der Waals surface area contributed by atoms with Crippen molar-refractivity contribution in [3.05, 3.63) is 29.8 Å². The Bertz CT molecular complexity index is 364. The first-order valence-corrected chi connectivity index (χ1v) is 6.72. The molecule has 0 aliphatic rings. The minimum absolute atomic E-state index is 0.136. The molecule has 0 aliphatic heterocycles. The van der Waals surface area contributed by atoms with Crippen LogP contribution in [-0.4, -0.2) is 17.8 Å². The lowest BCUT2D eigenvalue weighted by atomic mass is 9.87. The Morgan fingerprint density at radius 3 is 2.44 bits per heavy atom. The van der Waals surface area contributed by atoms with Crippen molar-refractivity contribution < 1.29 is 9.84 Å². The topological polar surface area (TPSA) is 29.5 Å². The van der Waals surface area contributed by atoms with E-state index >= 15 is 0 Å². The second-order valence-corrected chi connectivity index (χ2v) is 6.23. The summed E-state index contributed by atoms with van der Waals surface area (Å²) < 4.78 is 5.70. The molecule has 0 saturated heterocycles. The van der Waals surface area contributed by atoms with E-state index in [1.807, 2.05) is 26.0 Å². The number of hydrogen-bond donors (Lipinski definition) is 1. The number of benzene rings is 1. The molecule has 0 radical (unpaired) electrons. The van der Waals surface area contributed by atoms with Crippen LogP contribution in [0.4, 0.5) is 0 Å². The Morgan fingerprint density at radius 2 is 1.89 bits per heavy atom. The maximum absolute atomic E-state index is 9.71. The average Bonchev–Trinajstić information content (AvgIpc) is 2.28. The van der Waals surface area contributed by atoms with Crippen LogP contribution in [0.2, 0.25) is 0 Å². The number of hydrogen-bond acceptors (Lipinski definition) is 2. The fraction of sp³-hybridized carbons (Fsp3) is 0.625. The fourth-order valence-electron chi connectivity index (χ4n) is 1.68. The molecule has 1 aromatic rings. The molecule has 1 N–H and O–H groups in total. The number of rotatable bonds is 5. The molecule has 1 aromatic carbocycles. The Labute approximate surface area is 111 Å². The molecule has 0 spiro atoms. The van der Waals surface area contributed by atoms with Gasteiger partial charge in [-0.25, -0.2) is 0 Å². The van der Waals surface area contributed by atoms with Crippen LogP contribution in [0.3, 0.4) is 0 Å². The zero-order chi connectivity index (χ0) is 13.8. The minimum atomic E-state index is -0.282. The zero-order valence-corrected chi connectivity index (χ0v) is 12.2. The van der Waals surface area contributed by atoms with Crippen LogP contribution in [0.15, 0.2) is 24.3 Å². The van der Waals surface area contributed by atoms with Gasteiger partial charge >= 0.3 is 0 Å².